The lowest BCUT2D eigenvalue weighted by molar-refractivity contribution is -0.0957. The molecule has 1 aromatic heterocycles. The predicted molar refractivity (Wildman–Crippen MR) is 77.1 cm³/mol. The average molecular weight is 281 g/mol. The van der Waals surface area contributed by atoms with E-state index >= 15 is 0 Å². The van der Waals surface area contributed by atoms with Crippen LogP contribution in [-0.4, -0.2) is 16.7 Å². The first-order valence-corrected chi connectivity index (χ1v) is 7.66. The van der Waals surface area contributed by atoms with Crippen molar-refractivity contribution in [3.8, 4) is 0 Å². The molecule has 0 aromatic carbocycles. The molecular formula is C15H27N3O2. The van der Waals surface area contributed by atoms with Gasteiger partial charge in [0.2, 0.25) is 11.7 Å². The summed E-state index contributed by atoms with van der Waals surface area (Å²) in [4.78, 5) is 4.52. The number of rotatable bonds is 5. The third-order valence-corrected chi connectivity index (χ3v) is 4.44. The first-order chi connectivity index (χ1) is 9.42. The van der Waals surface area contributed by atoms with Gasteiger partial charge in [0, 0.05) is 6.61 Å². The Balaban J connectivity index is 2.22. The lowest BCUT2D eigenvalue weighted by Gasteiger charge is -2.41. The monoisotopic (exact) mass is 281 g/mol. The van der Waals surface area contributed by atoms with Crippen LogP contribution in [0.25, 0.3) is 0 Å². The zero-order chi connectivity index (χ0) is 14.8. The van der Waals surface area contributed by atoms with E-state index in [0.29, 0.717) is 23.7 Å². The van der Waals surface area contributed by atoms with Crippen LogP contribution >= 0.6 is 0 Å². The minimum absolute atomic E-state index is 0.185. The molecule has 1 fully saturated rings. The molecule has 1 aliphatic carbocycles. The zero-order valence-corrected chi connectivity index (χ0v) is 13.1. The van der Waals surface area contributed by atoms with E-state index in [9.17, 15) is 0 Å². The van der Waals surface area contributed by atoms with Crippen LogP contribution in [0.3, 0.4) is 0 Å². The highest BCUT2D eigenvalue weighted by Gasteiger charge is 2.44. The van der Waals surface area contributed by atoms with Crippen LogP contribution in [0.4, 0.5) is 0 Å². The van der Waals surface area contributed by atoms with Crippen LogP contribution in [0.15, 0.2) is 4.52 Å². The molecule has 0 aliphatic heterocycles. The van der Waals surface area contributed by atoms with Crippen LogP contribution in [0.1, 0.15) is 77.6 Å². The molecule has 5 heteroatoms. The van der Waals surface area contributed by atoms with Crippen molar-refractivity contribution in [1.29, 1.82) is 0 Å². The minimum Gasteiger partial charge on any atom is -0.367 e. The normalized spacial score (nSPS) is 22.6. The van der Waals surface area contributed by atoms with Crippen LogP contribution < -0.4 is 5.73 Å². The first-order valence-electron chi connectivity index (χ1n) is 7.66. The molecule has 0 bridgehead atoms. The van der Waals surface area contributed by atoms with Gasteiger partial charge >= 0.3 is 0 Å². The average Bonchev–Trinajstić information content (AvgIpc) is 2.91. The fourth-order valence-corrected chi connectivity index (χ4v) is 2.78. The fraction of sp³-hybridized carbons (Fsp3) is 0.867. The van der Waals surface area contributed by atoms with Gasteiger partial charge in [0.25, 0.3) is 0 Å². The minimum atomic E-state index is -0.389. The van der Waals surface area contributed by atoms with Crippen molar-refractivity contribution >= 4 is 0 Å². The summed E-state index contributed by atoms with van der Waals surface area (Å²) in [5, 5.41) is 4.16. The third kappa shape index (κ3) is 3.04. The summed E-state index contributed by atoms with van der Waals surface area (Å²) in [5.41, 5.74) is 5.94. The summed E-state index contributed by atoms with van der Waals surface area (Å²) in [5.74, 6) is 1.19. The predicted octanol–water partition coefficient (Wildman–Crippen LogP) is 3.31. The summed E-state index contributed by atoms with van der Waals surface area (Å²) in [6.45, 7) is 9.29. The summed E-state index contributed by atoms with van der Waals surface area (Å²) >= 11 is 0. The molecule has 1 aromatic rings. The molecule has 2 rings (SSSR count). The van der Waals surface area contributed by atoms with Gasteiger partial charge in [-0.3, -0.25) is 0 Å². The van der Waals surface area contributed by atoms with Gasteiger partial charge in [-0.1, -0.05) is 25.9 Å². The molecule has 1 heterocycles. The van der Waals surface area contributed by atoms with Crippen molar-refractivity contribution in [2.45, 2.75) is 71.4 Å². The second kappa shape index (κ2) is 5.82. The smallest absolute Gasteiger partial charge is 0.243 e. The fourth-order valence-electron chi connectivity index (χ4n) is 2.78. The second-order valence-corrected chi connectivity index (χ2v) is 6.56. The van der Waals surface area contributed by atoms with Crippen LogP contribution in [0, 0.1) is 5.41 Å². The van der Waals surface area contributed by atoms with Crippen LogP contribution in [0.5, 0.6) is 0 Å². The van der Waals surface area contributed by atoms with Gasteiger partial charge in [-0.05, 0) is 44.4 Å². The van der Waals surface area contributed by atoms with Crippen LogP contribution in [0.2, 0.25) is 0 Å². The third-order valence-electron chi connectivity index (χ3n) is 4.44. The molecular weight excluding hydrogens is 254 g/mol. The number of ether oxygens (including phenoxy) is 1. The molecule has 20 heavy (non-hydrogen) atoms. The van der Waals surface area contributed by atoms with Gasteiger partial charge in [0.05, 0.1) is 6.04 Å². The van der Waals surface area contributed by atoms with Gasteiger partial charge in [-0.2, -0.15) is 4.98 Å². The Morgan fingerprint density at radius 2 is 1.90 bits per heavy atom. The van der Waals surface area contributed by atoms with Crippen molar-refractivity contribution in [2.75, 3.05) is 6.61 Å². The second-order valence-electron chi connectivity index (χ2n) is 6.56. The van der Waals surface area contributed by atoms with E-state index in [-0.39, 0.29) is 11.6 Å². The number of hydrogen-bond acceptors (Lipinski definition) is 5. The Morgan fingerprint density at radius 3 is 2.45 bits per heavy atom. The molecule has 1 atom stereocenters. The van der Waals surface area contributed by atoms with Gasteiger partial charge in [0.1, 0.15) is 5.60 Å². The van der Waals surface area contributed by atoms with Crippen molar-refractivity contribution in [1.82, 2.24) is 10.1 Å². The summed E-state index contributed by atoms with van der Waals surface area (Å²) < 4.78 is 11.4. The number of hydrogen-bond donors (Lipinski definition) is 1. The molecule has 1 unspecified atom stereocenters. The topological polar surface area (TPSA) is 74.2 Å². The van der Waals surface area contributed by atoms with Gasteiger partial charge in [0.15, 0.2) is 0 Å². The largest absolute Gasteiger partial charge is 0.367 e. The Hall–Kier alpha value is -0.940. The summed E-state index contributed by atoms with van der Waals surface area (Å²) in [6.07, 6.45) is 4.88. The van der Waals surface area contributed by atoms with E-state index < -0.39 is 0 Å². The lowest BCUT2D eigenvalue weighted by Crippen LogP contribution is -2.38. The van der Waals surface area contributed by atoms with E-state index in [1.165, 1.54) is 0 Å². The molecule has 0 amide bonds. The maximum absolute atomic E-state index is 6.05. The quantitative estimate of drug-likeness (QED) is 0.896. The van der Waals surface area contributed by atoms with Gasteiger partial charge in [-0.15, -0.1) is 0 Å². The Morgan fingerprint density at radius 1 is 1.25 bits per heavy atom. The molecule has 0 saturated heterocycles. The number of nitrogens with two attached hydrogens (primary N) is 1. The Labute approximate surface area is 121 Å². The SMILES string of the molecule is CCOC1(c2noc(C(N)CC)n2)CCC(C)(C)CC1. The molecule has 1 saturated carbocycles. The summed E-state index contributed by atoms with van der Waals surface area (Å²) in [7, 11) is 0. The first kappa shape index (κ1) is 15.4. The Bertz CT molecular complexity index is 432. The highest BCUT2D eigenvalue weighted by molar-refractivity contribution is 5.06. The van der Waals surface area contributed by atoms with E-state index in [4.69, 9.17) is 15.0 Å². The molecule has 114 valence electrons. The molecule has 5 nitrogen and oxygen atoms in total. The van der Waals surface area contributed by atoms with E-state index in [2.05, 4.69) is 24.0 Å². The maximum Gasteiger partial charge on any atom is 0.243 e. The van der Waals surface area contributed by atoms with Gasteiger partial charge < -0.3 is 15.0 Å². The van der Waals surface area contributed by atoms with E-state index in [1.807, 2.05) is 13.8 Å². The van der Waals surface area contributed by atoms with E-state index in [0.717, 1.165) is 32.1 Å². The summed E-state index contributed by atoms with van der Waals surface area (Å²) in [6, 6.07) is -0.185. The van der Waals surface area contributed by atoms with Crippen LogP contribution in [-0.2, 0) is 10.3 Å². The highest BCUT2D eigenvalue weighted by Crippen LogP contribution is 2.46. The number of aromatic nitrogens is 2. The molecule has 0 spiro atoms. The molecule has 1 aliphatic rings. The maximum atomic E-state index is 6.05. The standard InChI is InChI=1S/C15H27N3O2/c1-5-11(16)12-17-13(18-20-12)15(19-6-2)9-7-14(3,4)8-10-15/h11H,5-10,16H2,1-4H3. The number of nitrogens with zero attached hydrogens (tertiary/aromatic N) is 2. The highest BCUT2D eigenvalue weighted by atomic mass is 16.5. The van der Waals surface area contributed by atoms with Gasteiger partial charge in [-0.25, -0.2) is 0 Å². The van der Waals surface area contributed by atoms with Crippen molar-refractivity contribution < 1.29 is 9.26 Å². The van der Waals surface area contributed by atoms with Crippen molar-refractivity contribution in [3.05, 3.63) is 11.7 Å². The van der Waals surface area contributed by atoms with E-state index in [1.54, 1.807) is 0 Å². The Kier molecular flexibility index (Phi) is 4.49. The molecule has 2 N–H and O–H groups in total. The van der Waals surface area contributed by atoms with Crippen molar-refractivity contribution in [2.24, 2.45) is 11.1 Å². The van der Waals surface area contributed by atoms with Crippen molar-refractivity contribution in [3.63, 3.8) is 0 Å². The lowest BCUT2D eigenvalue weighted by atomic mass is 9.70. The molecule has 0 radical (unpaired) electrons. The zero-order valence-electron chi connectivity index (χ0n) is 13.1.